The fourth-order valence-corrected chi connectivity index (χ4v) is 1.69. The van der Waals surface area contributed by atoms with Gasteiger partial charge >= 0.3 is 0 Å². The molecule has 3 nitrogen and oxygen atoms in total. The molecule has 18 heavy (non-hydrogen) atoms. The summed E-state index contributed by atoms with van der Waals surface area (Å²) in [4.78, 5) is 7.16. The van der Waals surface area contributed by atoms with Crippen LogP contribution in [0.3, 0.4) is 0 Å². The Morgan fingerprint density at radius 1 is 1.22 bits per heavy atom. The van der Waals surface area contributed by atoms with Gasteiger partial charge in [-0.25, -0.2) is 4.98 Å². The van der Waals surface area contributed by atoms with Crippen LogP contribution in [0.25, 0.3) is 11.3 Å². The fourth-order valence-electron chi connectivity index (χ4n) is 1.69. The van der Waals surface area contributed by atoms with E-state index in [1.54, 1.807) is 6.33 Å². The van der Waals surface area contributed by atoms with Gasteiger partial charge in [0.15, 0.2) is 0 Å². The zero-order valence-corrected chi connectivity index (χ0v) is 11.2. The molecule has 2 aromatic rings. The normalized spacial score (nSPS) is 11.5. The monoisotopic (exact) mass is 244 g/mol. The van der Waals surface area contributed by atoms with Crippen LogP contribution in [0.5, 0.6) is 5.75 Å². The Bertz CT molecular complexity index is 483. The first-order valence-electron chi connectivity index (χ1n) is 6.27. The summed E-state index contributed by atoms with van der Waals surface area (Å²) < 4.78 is 5.89. The molecular formula is C15H20N2O. The Morgan fingerprint density at radius 2 is 2.00 bits per heavy atom. The Labute approximate surface area is 108 Å². The highest BCUT2D eigenvalue weighted by Gasteiger charge is 2.11. The quantitative estimate of drug-likeness (QED) is 0.886. The van der Waals surface area contributed by atoms with Crippen molar-refractivity contribution in [1.82, 2.24) is 9.97 Å². The molecule has 0 atom stereocenters. The molecule has 1 heterocycles. The second-order valence-corrected chi connectivity index (χ2v) is 5.62. The molecular weight excluding hydrogens is 224 g/mol. The van der Waals surface area contributed by atoms with Crippen molar-refractivity contribution in [1.29, 1.82) is 0 Å². The predicted molar refractivity (Wildman–Crippen MR) is 73.6 cm³/mol. The number of nitrogens with one attached hydrogen (secondary N) is 1. The minimum Gasteiger partial charge on any atom is -0.493 e. The SMILES string of the molecule is CC(C)(C)CCOc1ccccc1-c1cnc[nH]1. The lowest BCUT2D eigenvalue weighted by Gasteiger charge is -2.18. The van der Waals surface area contributed by atoms with Crippen molar-refractivity contribution in [2.24, 2.45) is 5.41 Å². The summed E-state index contributed by atoms with van der Waals surface area (Å²) in [5.41, 5.74) is 2.34. The molecule has 1 aromatic carbocycles. The standard InChI is InChI=1S/C15H20N2O/c1-15(2,3)8-9-18-14-7-5-4-6-12(14)13-10-16-11-17-13/h4-7,10-11H,8-9H2,1-3H3,(H,16,17). The number of rotatable bonds is 4. The third-order valence-corrected chi connectivity index (χ3v) is 2.79. The second-order valence-electron chi connectivity index (χ2n) is 5.62. The van der Waals surface area contributed by atoms with Gasteiger partial charge in [-0.3, -0.25) is 0 Å². The van der Waals surface area contributed by atoms with Gasteiger partial charge in [0.2, 0.25) is 0 Å². The third kappa shape index (κ3) is 3.36. The number of H-pyrrole nitrogens is 1. The molecule has 0 amide bonds. The van der Waals surface area contributed by atoms with Gasteiger partial charge in [-0.05, 0) is 24.0 Å². The largest absolute Gasteiger partial charge is 0.493 e. The van der Waals surface area contributed by atoms with Crippen LogP contribution in [0.2, 0.25) is 0 Å². The second kappa shape index (κ2) is 5.25. The van der Waals surface area contributed by atoms with Crippen LogP contribution in [0.4, 0.5) is 0 Å². The van der Waals surface area contributed by atoms with Crippen LogP contribution in [-0.2, 0) is 0 Å². The van der Waals surface area contributed by atoms with E-state index in [2.05, 4.69) is 30.7 Å². The number of nitrogens with zero attached hydrogens (tertiary/aromatic N) is 1. The van der Waals surface area contributed by atoms with E-state index in [-0.39, 0.29) is 0 Å². The van der Waals surface area contributed by atoms with E-state index in [1.165, 1.54) is 0 Å². The van der Waals surface area contributed by atoms with Crippen molar-refractivity contribution >= 4 is 0 Å². The van der Waals surface area contributed by atoms with Crippen molar-refractivity contribution < 1.29 is 4.74 Å². The highest BCUT2D eigenvalue weighted by molar-refractivity contribution is 5.66. The van der Waals surface area contributed by atoms with Crippen molar-refractivity contribution in [3.63, 3.8) is 0 Å². The highest BCUT2D eigenvalue weighted by Crippen LogP contribution is 2.28. The molecule has 96 valence electrons. The van der Waals surface area contributed by atoms with Gasteiger partial charge in [0.1, 0.15) is 5.75 Å². The number of imidazole rings is 1. The van der Waals surface area contributed by atoms with Crippen LogP contribution in [-0.4, -0.2) is 16.6 Å². The van der Waals surface area contributed by atoms with E-state index in [0.29, 0.717) is 5.41 Å². The van der Waals surface area contributed by atoms with E-state index < -0.39 is 0 Å². The van der Waals surface area contributed by atoms with Gasteiger partial charge in [-0.1, -0.05) is 32.9 Å². The van der Waals surface area contributed by atoms with Crippen LogP contribution >= 0.6 is 0 Å². The Kier molecular flexibility index (Phi) is 3.70. The molecule has 0 saturated heterocycles. The summed E-state index contributed by atoms with van der Waals surface area (Å²) >= 11 is 0. The maximum absolute atomic E-state index is 5.89. The summed E-state index contributed by atoms with van der Waals surface area (Å²) in [6, 6.07) is 8.04. The van der Waals surface area contributed by atoms with Crippen molar-refractivity contribution in [2.45, 2.75) is 27.2 Å². The minimum atomic E-state index is 0.295. The van der Waals surface area contributed by atoms with Crippen molar-refractivity contribution in [2.75, 3.05) is 6.61 Å². The maximum Gasteiger partial charge on any atom is 0.128 e. The molecule has 0 aliphatic heterocycles. The van der Waals surface area contributed by atoms with E-state index >= 15 is 0 Å². The van der Waals surface area contributed by atoms with Crippen molar-refractivity contribution in [3.8, 4) is 17.0 Å². The topological polar surface area (TPSA) is 37.9 Å². The lowest BCUT2D eigenvalue weighted by molar-refractivity contribution is 0.243. The molecule has 1 aromatic heterocycles. The minimum absolute atomic E-state index is 0.295. The molecule has 0 radical (unpaired) electrons. The fraction of sp³-hybridized carbons (Fsp3) is 0.400. The van der Waals surface area contributed by atoms with E-state index in [1.807, 2.05) is 30.5 Å². The van der Waals surface area contributed by atoms with Gasteiger partial charge < -0.3 is 9.72 Å². The lowest BCUT2D eigenvalue weighted by Crippen LogP contribution is -2.11. The zero-order valence-electron chi connectivity index (χ0n) is 11.2. The van der Waals surface area contributed by atoms with Gasteiger partial charge in [0.05, 0.1) is 24.8 Å². The first-order valence-corrected chi connectivity index (χ1v) is 6.27. The number of aromatic amines is 1. The van der Waals surface area contributed by atoms with Gasteiger partial charge in [0, 0.05) is 5.56 Å². The van der Waals surface area contributed by atoms with E-state index in [0.717, 1.165) is 30.0 Å². The average Bonchev–Trinajstić information content (AvgIpc) is 2.81. The highest BCUT2D eigenvalue weighted by atomic mass is 16.5. The molecule has 0 bridgehead atoms. The number of aromatic nitrogens is 2. The summed E-state index contributed by atoms with van der Waals surface area (Å²) in [6.07, 6.45) is 4.53. The Hall–Kier alpha value is -1.77. The summed E-state index contributed by atoms with van der Waals surface area (Å²) in [7, 11) is 0. The van der Waals surface area contributed by atoms with Crippen LogP contribution < -0.4 is 4.74 Å². The lowest BCUT2D eigenvalue weighted by atomic mass is 9.93. The molecule has 2 rings (SSSR count). The molecule has 1 N–H and O–H groups in total. The first kappa shape index (κ1) is 12.7. The van der Waals surface area contributed by atoms with Crippen LogP contribution in [0, 0.1) is 5.41 Å². The molecule has 0 saturated carbocycles. The van der Waals surface area contributed by atoms with E-state index in [9.17, 15) is 0 Å². The zero-order chi connectivity index (χ0) is 13.0. The number of para-hydroxylation sites is 1. The van der Waals surface area contributed by atoms with Gasteiger partial charge in [-0.2, -0.15) is 0 Å². The smallest absolute Gasteiger partial charge is 0.128 e. The predicted octanol–water partition coefficient (Wildman–Crippen LogP) is 3.89. The maximum atomic E-state index is 5.89. The van der Waals surface area contributed by atoms with Gasteiger partial charge in [0.25, 0.3) is 0 Å². The summed E-state index contributed by atoms with van der Waals surface area (Å²) in [5, 5.41) is 0. The summed E-state index contributed by atoms with van der Waals surface area (Å²) in [6.45, 7) is 7.39. The molecule has 0 aliphatic carbocycles. The van der Waals surface area contributed by atoms with Crippen LogP contribution in [0.15, 0.2) is 36.8 Å². The van der Waals surface area contributed by atoms with Crippen molar-refractivity contribution in [3.05, 3.63) is 36.8 Å². The Morgan fingerprint density at radius 3 is 2.67 bits per heavy atom. The molecule has 0 fully saturated rings. The summed E-state index contributed by atoms with van der Waals surface area (Å²) in [5.74, 6) is 0.908. The number of hydrogen-bond acceptors (Lipinski definition) is 2. The van der Waals surface area contributed by atoms with Gasteiger partial charge in [-0.15, -0.1) is 0 Å². The van der Waals surface area contributed by atoms with E-state index in [4.69, 9.17) is 4.74 Å². The van der Waals surface area contributed by atoms with Crippen LogP contribution in [0.1, 0.15) is 27.2 Å². The Balaban J connectivity index is 2.09. The molecule has 0 spiro atoms. The molecule has 3 heteroatoms. The number of ether oxygens (including phenoxy) is 1. The number of benzene rings is 1. The third-order valence-electron chi connectivity index (χ3n) is 2.79. The average molecular weight is 244 g/mol. The molecule has 0 unspecified atom stereocenters. The molecule has 0 aliphatic rings. The number of hydrogen-bond donors (Lipinski definition) is 1. The first-order chi connectivity index (χ1) is 8.56.